The lowest BCUT2D eigenvalue weighted by molar-refractivity contribution is -0.145. The molecular weight excluding hydrogens is 402 g/mol. The number of rotatable bonds is 7. The summed E-state index contributed by atoms with van der Waals surface area (Å²) in [7, 11) is 0. The van der Waals surface area contributed by atoms with Gasteiger partial charge in [-0.15, -0.1) is 0 Å². The molecule has 0 aliphatic carbocycles. The van der Waals surface area contributed by atoms with Gasteiger partial charge in [0.2, 0.25) is 0 Å². The van der Waals surface area contributed by atoms with E-state index in [0.29, 0.717) is 23.4 Å². The van der Waals surface area contributed by atoms with E-state index in [2.05, 4.69) is 11.4 Å². The van der Waals surface area contributed by atoms with Gasteiger partial charge in [-0.25, -0.2) is 4.79 Å². The molecule has 160 valence electrons. The molecule has 4 aromatic rings. The van der Waals surface area contributed by atoms with Crippen LogP contribution in [0.25, 0.3) is 21.9 Å². The largest absolute Gasteiger partial charge is 0.479 e. The molecule has 1 amide bonds. The quantitative estimate of drug-likeness (QED) is 0.381. The third-order valence-corrected chi connectivity index (χ3v) is 5.23. The van der Waals surface area contributed by atoms with Crippen LogP contribution in [0, 0.1) is 0 Å². The average Bonchev–Trinajstić information content (AvgIpc) is 2.82. The lowest BCUT2D eigenvalue weighted by atomic mass is 9.96. The summed E-state index contributed by atoms with van der Waals surface area (Å²) in [5, 5.41) is 14.0. The molecule has 0 spiro atoms. The van der Waals surface area contributed by atoms with Gasteiger partial charge in [-0.3, -0.25) is 4.79 Å². The number of amides is 1. The number of carbonyl (C=O) groups is 2. The van der Waals surface area contributed by atoms with Crippen molar-refractivity contribution >= 4 is 28.3 Å². The number of fused-ring (bicyclic) bond motifs is 1. The second-order valence-corrected chi connectivity index (χ2v) is 7.45. The van der Waals surface area contributed by atoms with Crippen molar-refractivity contribution in [2.75, 3.05) is 5.32 Å². The number of benzene rings is 4. The molecule has 4 rings (SSSR count). The lowest BCUT2D eigenvalue weighted by Gasteiger charge is -2.15. The smallest absolute Gasteiger partial charge is 0.344 e. The zero-order valence-electron chi connectivity index (χ0n) is 17.6. The van der Waals surface area contributed by atoms with Crippen molar-refractivity contribution in [1.82, 2.24) is 0 Å². The average molecular weight is 425 g/mol. The fraction of sp³-hybridized carbons (Fsp3) is 0.111. The summed E-state index contributed by atoms with van der Waals surface area (Å²) in [6.45, 7) is 1.75. The molecule has 2 N–H and O–H groups in total. The summed E-state index contributed by atoms with van der Waals surface area (Å²) in [4.78, 5) is 24.5. The Labute approximate surface area is 186 Å². The van der Waals surface area contributed by atoms with Crippen molar-refractivity contribution < 1.29 is 19.4 Å². The minimum absolute atomic E-state index is 0.249. The maximum atomic E-state index is 13.3. The van der Waals surface area contributed by atoms with E-state index in [-0.39, 0.29) is 5.91 Å². The predicted molar refractivity (Wildman–Crippen MR) is 126 cm³/mol. The highest BCUT2D eigenvalue weighted by Crippen LogP contribution is 2.29. The summed E-state index contributed by atoms with van der Waals surface area (Å²) in [6, 6.07) is 28.4. The van der Waals surface area contributed by atoms with Crippen LogP contribution < -0.4 is 10.1 Å². The molecule has 0 aliphatic heterocycles. The van der Waals surface area contributed by atoms with Crippen LogP contribution in [-0.4, -0.2) is 23.1 Å². The number of carboxylic acid groups (broad SMARTS) is 1. The van der Waals surface area contributed by atoms with Crippen molar-refractivity contribution in [3.63, 3.8) is 0 Å². The Morgan fingerprint density at radius 3 is 2.38 bits per heavy atom. The third kappa shape index (κ3) is 4.62. The first-order valence-electron chi connectivity index (χ1n) is 10.4. The molecule has 0 aliphatic rings. The van der Waals surface area contributed by atoms with Crippen LogP contribution in [0.15, 0.2) is 91.0 Å². The van der Waals surface area contributed by atoms with Crippen LogP contribution in [0.1, 0.15) is 23.7 Å². The van der Waals surface area contributed by atoms with Crippen LogP contribution in [0.5, 0.6) is 5.75 Å². The van der Waals surface area contributed by atoms with Crippen molar-refractivity contribution in [2.45, 2.75) is 19.4 Å². The number of anilines is 1. The molecule has 0 fully saturated rings. The maximum absolute atomic E-state index is 13.3. The number of carboxylic acids is 1. The van der Waals surface area contributed by atoms with E-state index in [9.17, 15) is 14.7 Å². The maximum Gasteiger partial charge on any atom is 0.344 e. The van der Waals surface area contributed by atoms with Crippen LogP contribution in [0.2, 0.25) is 0 Å². The number of hydrogen-bond donors (Lipinski definition) is 2. The van der Waals surface area contributed by atoms with Crippen LogP contribution in [0.3, 0.4) is 0 Å². The highest BCUT2D eigenvalue weighted by atomic mass is 16.5. The molecule has 0 bridgehead atoms. The van der Waals surface area contributed by atoms with E-state index in [1.165, 1.54) is 0 Å². The van der Waals surface area contributed by atoms with Gasteiger partial charge in [-0.05, 0) is 52.6 Å². The van der Waals surface area contributed by atoms with Gasteiger partial charge >= 0.3 is 5.97 Å². The number of nitrogens with one attached hydrogen (secondary N) is 1. The molecule has 0 radical (unpaired) electrons. The fourth-order valence-corrected chi connectivity index (χ4v) is 3.61. The minimum atomic E-state index is -1.02. The second-order valence-electron chi connectivity index (χ2n) is 7.45. The van der Waals surface area contributed by atoms with E-state index >= 15 is 0 Å². The highest BCUT2D eigenvalue weighted by molar-refractivity contribution is 6.14. The topological polar surface area (TPSA) is 75.6 Å². The monoisotopic (exact) mass is 425 g/mol. The number of aliphatic carboxylic acids is 1. The molecule has 0 heterocycles. The lowest BCUT2D eigenvalue weighted by Crippen LogP contribution is -2.25. The Hall–Kier alpha value is -4.12. The van der Waals surface area contributed by atoms with E-state index in [0.717, 1.165) is 21.9 Å². The molecule has 5 heteroatoms. The molecule has 0 aromatic heterocycles. The van der Waals surface area contributed by atoms with E-state index in [1.54, 1.807) is 31.2 Å². The number of ether oxygens (including phenoxy) is 1. The molecule has 32 heavy (non-hydrogen) atoms. The molecule has 0 saturated carbocycles. The molecule has 5 nitrogen and oxygen atoms in total. The normalized spacial score (nSPS) is 11.7. The predicted octanol–water partition coefficient (Wildman–Crippen LogP) is 6.00. The van der Waals surface area contributed by atoms with Gasteiger partial charge in [-0.1, -0.05) is 67.6 Å². The summed E-state index contributed by atoms with van der Waals surface area (Å²) in [6.07, 6.45) is -0.600. The van der Waals surface area contributed by atoms with Crippen LogP contribution in [-0.2, 0) is 4.79 Å². The standard InChI is InChI=1S/C27H23NO4/c1-2-25(27(30)31)32-22-13-8-12-21(17-22)28-26(29)24-16-20(18-9-4-3-5-10-18)15-19-11-6-7-14-23(19)24/h3-17,25H,2H2,1H3,(H,28,29)(H,30,31). The Bertz CT molecular complexity index is 1270. The van der Waals surface area contributed by atoms with Gasteiger partial charge in [0.1, 0.15) is 5.75 Å². The van der Waals surface area contributed by atoms with Gasteiger partial charge in [0.15, 0.2) is 6.10 Å². The fourth-order valence-electron chi connectivity index (χ4n) is 3.61. The van der Waals surface area contributed by atoms with Crippen LogP contribution >= 0.6 is 0 Å². The zero-order valence-corrected chi connectivity index (χ0v) is 17.6. The summed E-state index contributed by atoms with van der Waals surface area (Å²) < 4.78 is 5.55. The Morgan fingerprint density at radius 1 is 0.875 bits per heavy atom. The molecule has 1 unspecified atom stereocenters. The van der Waals surface area contributed by atoms with E-state index < -0.39 is 12.1 Å². The zero-order chi connectivity index (χ0) is 22.5. The third-order valence-electron chi connectivity index (χ3n) is 5.23. The Balaban J connectivity index is 1.66. The first kappa shape index (κ1) is 21.1. The summed E-state index contributed by atoms with van der Waals surface area (Å²) in [5.41, 5.74) is 3.08. The first-order valence-corrected chi connectivity index (χ1v) is 10.4. The molecular formula is C27H23NO4. The number of hydrogen-bond acceptors (Lipinski definition) is 3. The molecule has 1 atom stereocenters. The van der Waals surface area contributed by atoms with Gasteiger partial charge in [-0.2, -0.15) is 0 Å². The first-order chi connectivity index (χ1) is 15.5. The van der Waals surface area contributed by atoms with Crippen molar-refractivity contribution in [3.8, 4) is 16.9 Å². The van der Waals surface area contributed by atoms with Gasteiger partial charge in [0, 0.05) is 17.3 Å². The number of carbonyl (C=O) groups excluding carboxylic acids is 1. The second kappa shape index (κ2) is 9.35. The van der Waals surface area contributed by atoms with E-state index in [1.807, 2.05) is 60.7 Å². The summed E-state index contributed by atoms with van der Waals surface area (Å²) in [5.74, 6) is -0.882. The molecule has 0 saturated heterocycles. The van der Waals surface area contributed by atoms with E-state index in [4.69, 9.17) is 4.74 Å². The SMILES string of the molecule is CCC(Oc1cccc(NC(=O)c2cc(-c3ccccc3)cc3ccccc23)c1)C(=O)O. The van der Waals surface area contributed by atoms with Gasteiger partial charge in [0.25, 0.3) is 5.91 Å². The van der Waals surface area contributed by atoms with Crippen LogP contribution in [0.4, 0.5) is 5.69 Å². The van der Waals surface area contributed by atoms with Gasteiger partial charge in [0.05, 0.1) is 0 Å². The van der Waals surface area contributed by atoms with Gasteiger partial charge < -0.3 is 15.2 Å². The Kier molecular flexibility index (Phi) is 6.17. The minimum Gasteiger partial charge on any atom is -0.479 e. The highest BCUT2D eigenvalue weighted by Gasteiger charge is 2.17. The van der Waals surface area contributed by atoms with Crippen molar-refractivity contribution in [1.29, 1.82) is 0 Å². The summed E-state index contributed by atoms with van der Waals surface area (Å²) >= 11 is 0. The van der Waals surface area contributed by atoms with Crippen molar-refractivity contribution in [3.05, 3.63) is 96.6 Å². The molecule has 4 aromatic carbocycles. The Morgan fingerprint density at radius 2 is 1.62 bits per heavy atom. The van der Waals surface area contributed by atoms with Crippen molar-refractivity contribution in [2.24, 2.45) is 0 Å².